The van der Waals surface area contributed by atoms with E-state index in [9.17, 15) is 45.8 Å². The van der Waals surface area contributed by atoms with Crippen molar-refractivity contribution in [2.75, 3.05) is 48.0 Å². The van der Waals surface area contributed by atoms with Gasteiger partial charge in [-0.3, -0.25) is 0 Å². The number of benzene rings is 2. The molecule has 0 radical (unpaired) electrons. The van der Waals surface area contributed by atoms with Crippen LogP contribution >= 0.6 is 0 Å². The molecule has 0 spiro atoms. The van der Waals surface area contributed by atoms with Crippen molar-refractivity contribution >= 4 is 35.4 Å². The number of hydrogen-bond donors (Lipinski definition) is 2. The van der Waals surface area contributed by atoms with Gasteiger partial charge in [-0.15, -0.1) is 0 Å². The molecule has 21 heteroatoms. The Balaban J connectivity index is 0.000000161. The highest BCUT2D eigenvalue weighted by Crippen LogP contribution is 2.34. The average Bonchev–Trinajstić information content (AvgIpc) is 4.05. The minimum absolute atomic E-state index is 0.148. The van der Waals surface area contributed by atoms with Crippen LogP contribution in [0.2, 0.25) is 0 Å². The number of ether oxygens (including phenoxy) is 2. The summed E-state index contributed by atoms with van der Waals surface area (Å²) in [6.07, 6.45) is -8.71. The molecule has 0 bridgehead atoms. The van der Waals surface area contributed by atoms with Gasteiger partial charge >= 0.3 is 30.3 Å². The Morgan fingerprint density at radius 1 is 0.613 bits per heavy atom. The Morgan fingerprint density at radius 3 is 1.45 bits per heavy atom. The Hall–Kier alpha value is -6.54. The number of rotatable bonds is 9. The number of alkyl halides is 6. The highest BCUT2D eigenvalue weighted by atomic mass is 19.4. The average molecular weight is 874 g/mol. The predicted molar refractivity (Wildman–Crippen MR) is 213 cm³/mol. The molecule has 2 aromatic carbocycles. The molecule has 0 amide bonds. The van der Waals surface area contributed by atoms with Gasteiger partial charge in [0, 0.05) is 32.7 Å². The molecule has 0 unspecified atom stereocenters. The smallest absolute Gasteiger partial charge is 0.416 e. The van der Waals surface area contributed by atoms with Gasteiger partial charge in [0.2, 0.25) is 0 Å². The van der Waals surface area contributed by atoms with Crippen LogP contribution in [0.25, 0.3) is 0 Å². The summed E-state index contributed by atoms with van der Waals surface area (Å²) in [6, 6.07) is 9.94. The van der Waals surface area contributed by atoms with Gasteiger partial charge in [0.25, 0.3) is 0 Å². The monoisotopic (exact) mass is 873 g/mol. The molecule has 0 aliphatic carbocycles. The number of carbonyl (C=O) groups is 3. The minimum atomic E-state index is -4.36. The summed E-state index contributed by atoms with van der Waals surface area (Å²) < 4.78 is 91.0. The Labute approximate surface area is 351 Å². The Bertz CT molecular complexity index is 2420. The van der Waals surface area contributed by atoms with Crippen LogP contribution in [0.15, 0.2) is 48.5 Å². The van der Waals surface area contributed by atoms with Gasteiger partial charge in [-0.05, 0) is 70.0 Å². The number of halogens is 6. The topological polar surface area (TPSA) is 162 Å². The van der Waals surface area contributed by atoms with E-state index >= 15 is 0 Å². The van der Waals surface area contributed by atoms with Crippen LogP contribution in [0.3, 0.4) is 0 Å². The lowest BCUT2D eigenvalue weighted by Gasteiger charge is -2.19. The van der Waals surface area contributed by atoms with E-state index in [1.165, 1.54) is 24.3 Å². The van der Waals surface area contributed by atoms with Crippen LogP contribution in [0.4, 0.5) is 43.8 Å². The largest absolute Gasteiger partial charge is 0.477 e. The number of esters is 2. The molecule has 6 heterocycles. The summed E-state index contributed by atoms with van der Waals surface area (Å²) in [4.78, 5) is 38.9. The summed E-state index contributed by atoms with van der Waals surface area (Å²) in [5, 5.41) is 25.3. The molecule has 0 saturated carbocycles. The first kappa shape index (κ1) is 45.0. The quantitative estimate of drug-likeness (QED) is 0.114. The third-order valence-corrected chi connectivity index (χ3v) is 10.2. The molecule has 3 aliphatic rings. The van der Waals surface area contributed by atoms with Gasteiger partial charge in [-0.2, -0.15) is 41.6 Å². The van der Waals surface area contributed by atoms with Crippen molar-refractivity contribution in [2.24, 2.45) is 0 Å². The van der Waals surface area contributed by atoms with Crippen molar-refractivity contribution in [3.05, 3.63) is 105 Å². The highest BCUT2D eigenvalue weighted by Gasteiger charge is 2.34. The fourth-order valence-electron chi connectivity index (χ4n) is 7.43. The summed E-state index contributed by atoms with van der Waals surface area (Å²) in [6.45, 7) is 14.1. The summed E-state index contributed by atoms with van der Waals surface area (Å²) in [7, 11) is 0. The third kappa shape index (κ3) is 9.65. The number of carboxylic acid groups (broad SMARTS) is 1. The predicted octanol–water partition coefficient (Wildman–Crippen LogP) is 7.13. The number of aromatic nitrogens is 6. The summed E-state index contributed by atoms with van der Waals surface area (Å²) in [5.41, 5.74) is 2.93. The van der Waals surface area contributed by atoms with E-state index in [-0.39, 0.29) is 18.1 Å². The molecular formula is C41H45F6N9O6. The fraction of sp³-hybridized carbons (Fsp3) is 0.415. The van der Waals surface area contributed by atoms with Crippen LogP contribution in [0.5, 0.6) is 0 Å². The number of aryl methyl sites for hydroxylation is 3. The second-order valence-corrected chi connectivity index (χ2v) is 14.5. The second kappa shape index (κ2) is 18.2. The maximum atomic E-state index is 12.7. The Morgan fingerprint density at radius 2 is 1.02 bits per heavy atom. The third-order valence-electron chi connectivity index (χ3n) is 10.2. The van der Waals surface area contributed by atoms with Gasteiger partial charge in [-0.25, -0.2) is 28.4 Å². The van der Waals surface area contributed by atoms with Crippen molar-refractivity contribution < 1.29 is 55.3 Å². The van der Waals surface area contributed by atoms with E-state index in [1.54, 1.807) is 37.1 Å². The lowest BCUT2D eigenvalue weighted by molar-refractivity contribution is -0.138. The van der Waals surface area contributed by atoms with Crippen molar-refractivity contribution in [1.29, 1.82) is 0 Å². The number of nitrogens with one attached hydrogen (secondary N) is 1. The van der Waals surface area contributed by atoms with Gasteiger partial charge in [0.15, 0.2) is 0 Å². The van der Waals surface area contributed by atoms with E-state index in [1.807, 2.05) is 21.4 Å². The minimum Gasteiger partial charge on any atom is -0.477 e. The molecule has 2 N–H and O–H groups in total. The van der Waals surface area contributed by atoms with Crippen molar-refractivity contribution in [3.63, 3.8) is 0 Å². The van der Waals surface area contributed by atoms with Crippen LogP contribution < -0.4 is 15.1 Å². The van der Waals surface area contributed by atoms with E-state index in [2.05, 4.69) is 20.6 Å². The number of hydrogen-bond acceptors (Lipinski definition) is 11. The van der Waals surface area contributed by atoms with Crippen molar-refractivity contribution in [3.8, 4) is 0 Å². The lowest BCUT2D eigenvalue weighted by atomic mass is 10.1. The molecule has 0 fully saturated rings. The fourth-order valence-corrected chi connectivity index (χ4v) is 7.43. The van der Waals surface area contributed by atoms with Crippen LogP contribution in [0.1, 0.15) is 84.3 Å². The first-order valence-corrected chi connectivity index (χ1v) is 19.7. The van der Waals surface area contributed by atoms with E-state index in [0.717, 1.165) is 54.4 Å². The van der Waals surface area contributed by atoms with Gasteiger partial charge < -0.3 is 29.7 Å². The molecule has 8 rings (SSSR count). The SMILES string of the molecule is CCOC(=O)c1c(C)nn2c1N(Cc1ccc(C(F)(F)F)cc1)CC2.CCOC(=O)c1c(C)nn2c1NCC2.Cc1nn2c(c1C(=O)O)N(Cc1ccc(C(F)(F)F)cc1)CC2. The lowest BCUT2D eigenvalue weighted by Crippen LogP contribution is -2.22. The first-order valence-electron chi connectivity index (χ1n) is 19.7. The van der Waals surface area contributed by atoms with Gasteiger partial charge in [0.1, 0.15) is 34.1 Å². The normalized spacial score (nSPS) is 13.9. The molecule has 5 aromatic rings. The number of carboxylic acids is 1. The van der Waals surface area contributed by atoms with Gasteiger partial charge in [-0.1, -0.05) is 24.3 Å². The standard InChI is InChI=1S/C17H18F3N3O2.C15H14F3N3O2.C9H13N3O2/c1-3-25-16(24)14-11(2)21-23-9-8-22(15(14)23)10-12-4-6-13(7-5-12)17(18,19)20;1-9-12(14(22)23)13-20(6-7-21(13)19-9)8-10-2-4-11(5-3-10)15(16,17)18;1-3-14-9(13)7-6(2)11-12-5-4-10-8(7)12/h4-7H,3,8-10H2,1-2H3;2-5H,6-8H2,1H3,(H,22,23);10H,3-5H2,1-2H3. The molecular weight excluding hydrogens is 828 g/mol. The molecule has 0 saturated heterocycles. The maximum Gasteiger partial charge on any atom is 0.416 e. The molecule has 3 aromatic heterocycles. The number of anilines is 3. The summed E-state index contributed by atoms with van der Waals surface area (Å²) in [5.74, 6) is 0.191. The number of nitrogens with zero attached hydrogens (tertiary/aromatic N) is 8. The van der Waals surface area contributed by atoms with E-state index in [0.29, 0.717) is 85.6 Å². The summed E-state index contributed by atoms with van der Waals surface area (Å²) >= 11 is 0. The molecule has 332 valence electrons. The molecule has 15 nitrogen and oxygen atoms in total. The zero-order valence-electron chi connectivity index (χ0n) is 34.5. The number of aromatic carboxylic acids is 1. The van der Waals surface area contributed by atoms with E-state index in [4.69, 9.17) is 9.47 Å². The zero-order valence-corrected chi connectivity index (χ0v) is 34.5. The molecule has 3 aliphatic heterocycles. The van der Waals surface area contributed by atoms with Crippen LogP contribution in [0, 0.1) is 20.8 Å². The maximum absolute atomic E-state index is 12.7. The van der Waals surface area contributed by atoms with Crippen molar-refractivity contribution in [2.45, 2.75) is 79.7 Å². The van der Waals surface area contributed by atoms with Gasteiger partial charge in [0.05, 0.1) is 61.1 Å². The molecule has 62 heavy (non-hydrogen) atoms. The zero-order chi connectivity index (χ0) is 45.1. The Kier molecular flexibility index (Phi) is 13.2. The molecule has 0 atom stereocenters. The van der Waals surface area contributed by atoms with Crippen molar-refractivity contribution in [1.82, 2.24) is 29.3 Å². The first-order chi connectivity index (χ1) is 29.3. The second-order valence-electron chi connectivity index (χ2n) is 14.5. The van der Waals surface area contributed by atoms with Crippen LogP contribution in [-0.2, 0) is 54.6 Å². The number of fused-ring (bicyclic) bond motifs is 3. The van der Waals surface area contributed by atoms with Crippen LogP contribution in [-0.4, -0.2) is 85.2 Å². The van der Waals surface area contributed by atoms with E-state index < -0.39 is 35.4 Å². The number of carbonyl (C=O) groups excluding carboxylic acids is 2. The highest BCUT2D eigenvalue weighted by molar-refractivity contribution is 5.97.